The Morgan fingerprint density at radius 2 is 1.87 bits per heavy atom. The minimum atomic E-state index is 0. The van der Waals surface area contributed by atoms with Crippen LogP contribution in [-0.4, -0.2) is 64.5 Å². The van der Waals surface area contributed by atoms with Gasteiger partial charge in [-0.05, 0) is 19.0 Å². The summed E-state index contributed by atoms with van der Waals surface area (Å²) in [7, 11) is 3.61. The molecule has 0 bridgehead atoms. The third-order valence-electron chi connectivity index (χ3n) is 5.41. The number of nitrogens with one attached hydrogen (secondary N) is 1. The topological polar surface area (TPSA) is 71.3 Å². The van der Waals surface area contributed by atoms with Gasteiger partial charge in [-0.3, -0.25) is 9.58 Å². The molecule has 30 heavy (non-hydrogen) atoms. The predicted molar refractivity (Wildman–Crippen MR) is 123 cm³/mol. The quantitative estimate of drug-likeness (QED) is 0.616. The van der Waals surface area contributed by atoms with Crippen LogP contribution in [0.3, 0.4) is 0 Å². The first-order valence-corrected chi connectivity index (χ1v) is 10.2. The molecule has 1 aromatic carbocycles. The van der Waals surface area contributed by atoms with Crippen molar-refractivity contribution >= 4 is 35.2 Å². The number of aryl methyl sites for hydroxylation is 1. The summed E-state index contributed by atoms with van der Waals surface area (Å²) in [4.78, 5) is 14.5. The minimum absolute atomic E-state index is 0. The van der Waals surface area contributed by atoms with Crippen molar-refractivity contribution in [3.63, 3.8) is 0 Å². The van der Waals surface area contributed by atoms with E-state index in [-0.39, 0.29) is 12.4 Å². The molecular weight excluding hydrogens is 402 g/mol. The lowest BCUT2D eigenvalue weighted by atomic mass is 10.2. The first-order valence-electron chi connectivity index (χ1n) is 10.2. The van der Waals surface area contributed by atoms with Gasteiger partial charge >= 0.3 is 0 Å². The zero-order valence-corrected chi connectivity index (χ0v) is 18.7. The average Bonchev–Trinajstić information content (AvgIpc) is 3.14. The maximum atomic E-state index is 5.47. The number of piperazine rings is 1. The highest BCUT2D eigenvalue weighted by Crippen LogP contribution is 2.25. The number of anilines is 2. The molecule has 3 heterocycles. The number of benzene rings is 1. The van der Waals surface area contributed by atoms with Crippen molar-refractivity contribution in [1.29, 1.82) is 0 Å². The van der Waals surface area contributed by atoms with Crippen molar-refractivity contribution < 1.29 is 4.74 Å². The predicted octanol–water partition coefficient (Wildman–Crippen LogP) is 2.94. The maximum Gasteiger partial charge on any atom is 0.229 e. The van der Waals surface area contributed by atoms with Crippen LogP contribution in [0.15, 0.2) is 30.5 Å². The van der Waals surface area contributed by atoms with Crippen LogP contribution < -0.4 is 15.0 Å². The molecule has 9 heteroatoms. The van der Waals surface area contributed by atoms with Crippen LogP contribution in [0.25, 0.3) is 11.0 Å². The van der Waals surface area contributed by atoms with Gasteiger partial charge < -0.3 is 15.0 Å². The molecule has 162 valence electrons. The number of para-hydroxylation sites is 1. The molecule has 0 spiro atoms. The fraction of sp³-hybridized carbons (Fsp3) is 0.476. The monoisotopic (exact) mass is 431 g/mol. The third-order valence-corrected chi connectivity index (χ3v) is 5.41. The summed E-state index contributed by atoms with van der Waals surface area (Å²) in [5.74, 6) is 2.43. The number of halogens is 1. The molecule has 1 N–H and O–H groups in total. The first kappa shape index (κ1) is 22.1. The van der Waals surface area contributed by atoms with Gasteiger partial charge in [0.15, 0.2) is 5.65 Å². The molecule has 3 aromatic rings. The summed E-state index contributed by atoms with van der Waals surface area (Å²) in [5, 5.41) is 8.80. The van der Waals surface area contributed by atoms with Crippen molar-refractivity contribution in [1.82, 2.24) is 24.6 Å². The van der Waals surface area contributed by atoms with Gasteiger partial charge in [0.2, 0.25) is 5.95 Å². The standard InChI is InChI=1S/C21H29N7O.ClH/c1-4-9-27-10-12-28(13-11-27)21-24-19(17-15-23-26(2)20(17)25-21)22-14-16-7-5-6-8-18(16)29-3;/h5-8,15H,4,9-14H2,1-3H3,(H,22,24,25);1H. The molecular formula is C21H30ClN7O. The van der Waals surface area contributed by atoms with Gasteiger partial charge in [-0.1, -0.05) is 25.1 Å². The summed E-state index contributed by atoms with van der Waals surface area (Å²) in [6.07, 6.45) is 3.01. The number of methoxy groups -OCH3 is 1. The largest absolute Gasteiger partial charge is 0.496 e. The summed E-state index contributed by atoms with van der Waals surface area (Å²) in [6, 6.07) is 8.02. The van der Waals surface area contributed by atoms with E-state index in [1.807, 2.05) is 36.1 Å². The van der Waals surface area contributed by atoms with Crippen molar-refractivity contribution in [3.8, 4) is 5.75 Å². The smallest absolute Gasteiger partial charge is 0.229 e. The number of rotatable bonds is 7. The Morgan fingerprint density at radius 3 is 2.60 bits per heavy atom. The second-order valence-corrected chi connectivity index (χ2v) is 7.37. The van der Waals surface area contributed by atoms with Crippen molar-refractivity contribution in [3.05, 3.63) is 36.0 Å². The van der Waals surface area contributed by atoms with Crippen LogP contribution in [0.1, 0.15) is 18.9 Å². The zero-order chi connectivity index (χ0) is 20.2. The number of ether oxygens (including phenoxy) is 1. The molecule has 1 aliphatic heterocycles. The SMILES string of the molecule is CCCN1CCN(c2nc(NCc3ccccc3OC)c3cnn(C)c3n2)CC1.Cl. The van der Waals surface area contributed by atoms with E-state index in [1.54, 1.807) is 7.11 Å². The van der Waals surface area contributed by atoms with E-state index in [0.29, 0.717) is 6.54 Å². The lowest BCUT2D eigenvalue weighted by molar-refractivity contribution is 0.257. The fourth-order valence-corrected chi connectivity index (χ4v) is 3.80. The van der Waals surface area contributed by atoms with Gasteiger partial charge in [0.05, 0.1) is 18.7 Å². The van der Waals surface area contributed by atoms with Crippen LogP contribution in [0.5, 0.6) is 5.75 Å². The summed E-state index contributed by atoms with van der Waals surface area (Å²) < 4.78 is 7.28. The van der Waals surface area contributed by atoms with Gasteiger partial charge in [0.1, 0.15) is 11.6 Å². The van der Waals surface area contributed by atoms with Crippen molar-refractivity contribution in [2.24, 2.45) is 7.05 Å². The molecule has 1 saturated heterocycles. The Balaban J connectivity index is 0.00000256. The van der Waals surface area contributed by atoms with E-state index in [4.69, 9.17) is 14.7 Å². The van der Waals surface area contributed by atoms with Crippen LogP contribution in [0.2, 0.25) is 0 Å². The Bertz CT molecular complexity index is 969. The molecule has 1 aliphatic rings. The van der Waals surface area contributed by atoms with E-state index in [0.717, 1.165) is 66.8 Å². The second-order valence-electron chi connectivity index (χ2n) is 7.37. The Hall–Kier alpha value is -2.58. The van der Waals surface area contributed by atoms with Crippen LogP contribution in [0.4, 0.5) is 11.8 Å². The van der Waals surface area contributed by atoms with E-state index in [9.17, 15) is 0 Å². The van der Waals surface area contributed by atoms with E-state index in [2.05, 4.69) is 33.2 Å². The van der Waals surface area contributed by atoms with Gasteiger partial charge in [0, 0.05) is 45.3 Å². The highest BCUT2D eigenvalue weighted by molar-refractivity contribution is 5.87. The maximum absolute atomic E-state index is 5.47. The zero-order valence-electron chi connectivity index (χ0n) is 17.8. The molecule has 0 saturated carbocycles. The first-order chi connectivity index (χ1) is 14.2. The Labute approximate surface area is 183 Å². The lowest BCUT2D eigenvalue weighted by Crippen LogP contribution is -2.47. The number of fused-ring (bicyclic) bond motifs is 1. The van der Waals surface area contributed by atoms with E-state index < -0.39 is 0 Å². The summed E-state index contributed by atoms with van der Waals surface area (Å²) in [5.41, 5.74) is 1.92. The van der Waals surface area contributed by atoms with Crippen LogP contribution in [0, 0.1) is 0 Å². The molecule has 2 aromatic heterocycles. The molecule has 4 rings (SSSR count). The van der Waals surface area contributed by atoms with E-state index in [1.165, 1.54) is 6.42 Å². The fourth-order valence-electron chi connectivity index (χ4n) is 3.80. The highest BCUT2D eigenvalue weighted by Gasteiger charge is 2.21. The van der Waals surface area contributed by atoms with Crippen LogP contribution >= 0.6 is 12.4 Å². The molecule has 8 nitrogen and oxygen atoms in total. The molecule has 0 aliphatic carbocycles. The number of hydrogen-bond acceptors (Lipinski definition) is 7. The third kappa shape index (κ3) is 4.60. The highest BCUT2D eigenvalue weighted by atomic mass is 35.5. The normalized spacial score (nSPS) is 14.6. The second kappa shape index (κ2) is 9.95. The molecule has 0 amide bonds. The molecule has 0 radical (unpaired) electrons. The number of nitrogens with zero attached hydrogens (tertiary/aromatic N) is 6. The minimum Gasteiger partial charge on any atom is -0.496 e. The van der Waals surface area contributed by atoms with Gasteiger partial charge in [-0.15, -0.1) is 12.4 Å². The Morgan fingerprint density at radius 1 is 1.10 bits per heavy atom. The van der Waals surface area contributed by atoms with Gasteiger partial charge in [0.25, 0.3) is 0 Å². The summed E-state index contributed by atoms with van der Waals surface area (Å²) in [6.45, 7) is 7.97. The van der Waals surface area contributed by atoms with Gasteiger partial charge in [-0.25, -0.2) is 0 Å². The van der Waals surface area contributed by atoms with Crippen molar-refractivity contribution in [2.45, 2.75) is 19.9 Å². The van der Waals surface area contributed by atoms with Crippen molar-refractivity contribution in [2.75, 3.05) is 50.1 Å². The number of aromatic nitrogens is 4. The molecule has 0 unspecified atom stereocenters. The molecule has 0 atom stereocenters. The number of hydrogen-bond donors (Lipinski definition) is 1. The Kier molecular flexibility index (Phi) is 7.33. The van der Waals surface area contributed by atoms with Crippen LogP contribution in [-0.2, 0) is 13.6 Å². The van der Waals surface area contributed by atoms with Gasteiger partial charge in [-0.2, -0.15) is 15.1 Å². The molecule has 1 fully saturated rings. The lowest BCUT2D eigenvalue weighted by Gasteiger charge is -2.34. The summed E-state index contributed by atoms with van der Waals surface area (Å²) >= 11 is 0. The van der Waals surface area contributed by atoms with E-state index >= 15 is 0 Å². The average molecular weight is 432 g/mol.